The van der Waals surface area contributed by atoms with Gasteiger partial charge in [0.15, 0.2) is 23.9 Å². The average molecular weight is 538 g/mol. The third-order valence-corrected chi connectivity index (χ3v) is 4.78. The summed E-state index contributed by atoms with van der Waals surface area (Å²) in [4.78, 5) is 41.4. The summed E-state index contributed by atoms with van der Waals surface area (Å²) in [7, 11) is 0. The van der Waals surface area contributed by atoms with Gasteiger partial charge < -0.3 is 19.2 Å². The van der Waals surface area contributed by atoms with Gasteiger partial charge >= 0.3 is 17.8 Å². The Kier molecular flexibility index (Phi) is 7.70. The van der Waals surface area contributed by atoms with Crippen molar-refractivity contribution >= 4 is 29.2 Å². The molecule has 0 spiro atoms. The van der Waals surface area contributed by atoms with E-state index in [4.69, 9.17) is 37.4 Å². The van der Waals surface area contributed by atoms with E-state index in [1.54, 1.807) is 6.92 Å². The minimum Gasteiger partial charge on any atom is -0.463 e. The molecule has 0 unspecified atom stereocenters. The van der Waals surface area contributed by atoms with Gasteiger partial charge in [0, 0.05) is 12.3 Å². The zero-order chi connectivity index (χ0) is 25.9. The highest BCUT2D eigenvalue weighted by molar-refractivity contribution is 6.38. The van der Waals surface area contributed by atoms with Gasteiger partial charge in [-0.2, -0.15) is 13.2 Å². The summed E-state index contributed by atoms with van der Waals surface area (Å²) in [6.07, 6.45) is -3.73. The normalized spacial score (nSPS) is 11.3. The van der Waals surface area contributed by atoms with E-state index in [1.807, 2.05) is 0 Å². The van der Waals surface area contributed by atoms with Crippen molar-refractivity contribution in [2.75, 3.05) is 13.2 Å². The molecular formula is C20H13Cl2F4N3O6. The highest BCUT2D eigenvalue weighted by Crippen LogP contribution is 2.42. The van der Waals surface area contributed by atoms with Crippen LogP contribution in [0.25, 0.3) is 5.69 Å². The summed E-state index contributed by atoms with van der Waals surface area (Å²) >= 11 is 12.2. The molecule has 0 atom stereocenters. The molecule has 0 fully saturated rings. The Morgan fingerprint density at radius 3 is 2.57 bits per heavy atom. The molecule has 0 amide bonds. The number of pyridine rings is 1. The topological polar surface area (TPSA) is 113 Å². The predicted molar refractivity (Wildman–Crippen MR) is 114 cm³/mol. The fraction of sp³-hybridized carbons (Fsp3) is 0.200. The Hall–Kier alpha value is -3.58. The van der Waals surface area contributed by atoms with Crippen molar-refractivity contribution in [3.63, 3.8) is 0 Å². The number of esters is 1. The van der Waals surface area contributed by atoms with Gasteiger partial charge in [0.05, 0.1) is 11.6 Å². The molecule has 1 N–H and O–H groups in total. The van der Waals surface area contributed by atoms with Crippen molar-refractivity contribution in [3.8, 4) is 23.1 Å². The lowest BCUT2D eigenvalue weighted by molar-refractivity contribution is -0.145. The van der Waals surface area contributed by atoms with Crippen LogP contribution >= 0.6 is 23.2 Å². The number of aromatic amines is 1. The van der Waals surface area contributed by atoms with Gasteiger partial charge in [-0.1, -0.05) is 23.2 Å². The van der Waals surface area contributed by atoms with Crippen LogP contribution in [0.2, 0.25) is 10.0 Å². The van der Waals surface area contributed by atoms with E-state index in [-0.39, 0.29) is 28.9 Å². The number of halogens is 6. The molecule has 15 heteroatoms. The second kappa shape index (κ2) is 10.4. The van der Waals surface area contributed by atoms with Gasteiger partial charge in [-0.3, -0.25) is 4.79 Å². The molecule has 0 saturated heterocycles. The number of alkyl halides is 3. The largest absolute Gasteiger partial charge is 0.463 e. The van der Waals surface area contributed by atoms with Crippen LogP contribution in [-0.2, 0) is 15.7 Å². The molecule has 3 aromatic rings. The quantitative estimate of drug-likeness (QED) is 0.356. The van der Waals surface area contributed by atoms with Crippen molar-refractivity contribution in [3.05, 3.63) is 72.9 Å². The molecule has 2 heterocycles. The molecule has 2 aromatic heterocycles. The molecule has 1 aromatic carbocycles. The molecule has 186 valence electrons. The van der Waals surface area contributed by atoms with Gasteiger partial charge in [-0.15, -0.1) is 0 Å². The maximum absolute atomic E-state index is 14.7. The van der Waals surface area contributed by atoms with Crippen LogP contribution in [0.15, 0.2) is 40.1 Å². The van der Waals surface area contributed by atoms with Crippen molar-refractivity contribution in [2.45, 2.75) is 13.1 Å². The van der Waals surface area contributed by atoms with E-state index in [2.05, 4.69) is 4.98 Å². The zero-order valence-electron chi connectivity index (χ0n) is 17.4. The Morgan fingerprint density at radius 2 is 1.94 bits per heavy atom. The summed E-state index contributed by atoms with van der Waals surface area (Å²) in [6, 6.07) is 3.43. The Morgan fingerprint density at radius 1 is 1.23 bits per heavy atom. The highest BCUT2D eigenvalue weighted by atomic mass is 35.5. The molecule has 0 radical (unpaired) electrons. The van der Waals surface area contributed by atoms with E-state index < -0.39 is 63.0 Å². The van der Waals surface area contributed by atoms with Gasteiger partial charge in [0.1, 0.15) is 16.4 Å². The van der Waals surface area contributed by atoms with Crippen LogP contribution in [0.4, 0.5) is 17.6 Å². The molecule has 0 bridgehead atoms. The summed E-state index contributed by atoms with van der Waals surface area (Å²) in [5.41, 5.74) is -5.68. The summed E-state index contributed by atoms with van der Waals surface area (Å²) in [6.45, 7) is 1.17. The van der Waals surface area contributed by atoms with Crippen LogP contribution < -0.4 is 20.7 Å². The van der Waals surface area contributed by atoms with Crippen LogP contribution in [0.1, 0.15) is 12.6 Å². The molecule has 35 heavy (non-hydrogen) atoms. The number of aromatic nitrogens is 3. The fourth-order valence-corrected chi connectivity index (χ4v) is 3.32. The monoisotopic (exact) mass is 537 g/mol. The number of H-pyrrole nitrogens is 1. The standard InChI is InChI=1S/C20H13Cl2F4N3O6/c1-2-33-14(31)8-34-18-11(4-3-5-27-18)35-17-9(21)6-10(23)16(15(17)22)29-13(30)7-12(20(24,25)26)28-19(29)32/h3-7H,2,8H2,1H3,(H,28,32). The van der Waals surface area contributed by atoms with E-state index in [0.717, 1.165) is 0 Å². The van der Waals surface area contributed by atoms with E-state index in [9.17, 15) is 31.9 Å². The number of carbonyl (C=O) groups is 1. The van der Waals surface area contributed by atoms with Crippen LogP contribution in [-0.4, -0.2) is 33.7 Å². The van der Waals surface area contributed by atoms with E-state index in [1.165, 1.54) is 23.3 Å². The number of ether oxygens (including phenoxy) is 3. The zero-order valence-corrected chi connectivity index (χ0v) is 18.9. The molecule has 9 nitrogen and oxygen atoms in total. The lowest BCUT2D eigenvalue weighted by atomic mass is 10.2. The Balaban J connectivity index is 2.07. The molecule has 0 aliphatic carbocycles. The van der Waals surface area contributed by atoms with Crippen molar-refractivity contribution < 1.29 is 36.6 Å². The van der Waals surface area contributed by atoms with Gasteiger partial charge in [0.25, 0.3) is 11.4 Å². The first kappa shape index (κ1) is 26.0. The first-order valence-corrected chi connectivity index (χ1v) is 10.2. The molecule has 0 aliphatic heterocycles. The average Bonchev–Trinajstić information content (AvgIpc) is 2.77. The maximum Gasteiger partial charge on any atom is 0.431 e. The second-order valence-corrected chi connectivity index (χ2v) is 7.28. The predicted octanol–water partition coefficient (Wildman–Crippen LogP) is 4.12. The minimum atomic E-state index is -5.03. The smallest absolute Gasteiger partial charge is 0.431 e. The number of benzene rings is 1. The Bertz CT molecular complexity index is 1360. The van der Waals surface area contributed by atoms with Gasteiger partial charge in [-0.25, -0.2) is 23.5 Å². The van der Waals surface area contributed by atoms with Gasteiger partial charge in [0.2, 0.25) is 0 Å². The number of carbonyl (C=O) groups excluding carboxylic acids is 1. The SMILES string of the molecule is CCOC(=O)COc1ncccc1Oc1c(Cl)cc(F)c(-n2c(=O)cc(C(F)(F)F)[nH]c2=O)c1Cl. The van der Waals surface area contributed by atoms with Crippen LogP contribution in [0.5, 0.6) is 17.4 Å². The third kappa shape index (κ3) is 5.74. The minimum absolute atomic E-state index is 0.0531. The summed E-state index contributed by atoms with van der Waals surface area (Å²) < 4.78 is 69.0. The molecule has 0 aliphatic rings. The maximum atomic E-state index is 14.7. The molecule has 3 rings (SSSR count). The number of hydrogen-bond acceptors (Lipinski definition) is 7. The van der Waals surface area contributed by atoms with Crippen molar-refractivity contribution in [1.82, 2.24) is 14.5 Å². The summed E-state index contributed by atoms with van der Waals surface area (Å²) in [5.74, 6) is -2.87. The second-order valence-electron chi connectivity index (χ2n) is 6.49. The molecular weight excluding hydrogens is 525 g/mol. The highest BCUT2D eigenvalue weighted by Gasteiger charge is 2.33. The number of rotatable bonds is 7. The van der Waals surface area contributed by atoms with Crippen LogP contribution in [0, 0.1) is 5.82 Å². The van der Waals surface area contributed by atoms with Crippen molar-refractivity contribution in [2.24, 2.45) is 0 Å². The number of hydrogen-bond donors (Lipinski definition) is 1. The lowest BCUT2D eigenvalue weighted by Gasteiger charge is -2.16. The van der Waals surface area contributed by atoms with Crippen LogP contribution in [0.3, 0.4) is 0 Å². The number of nitrogens with one attached hydrogen (secondary N) is 1. The number of nitrogens with zero attached hydrogens (tertiary/aromatic N) is 2. The first-order valence-electron chi connectivity index (χ1n) is 9.46. The van der Waals surface area contributed by atoms with Gasteiger partial charge in [-0.05, 0) is 25.1 Å². The third-order valence-electron chi connectivity index (χ3n) is 4.15. The molecule has 0 saturated carbocycles. The van der Waals surface area contributed by atoms with E-state index >= 15 is 0 Å². The lowest BCUT2D eigenvalue weighted by Crippen LogP contribution is -2.36. The summed E-state index contributed by atoms with van der Waals surface area (Å²) in [5, 5.41) is -1.14. The first-order chi connectivity index (χ1) is 16.4. The fourth-order valence-electron chi connectivity index (χ4n) is 2.72. The Labute approximate surface area is 202 Å². The van der Waals surface area contributed by atoms with E-state index in [0.29, 0.717) is 6.07 Å². The van der Waals surface area contributed by atoms with Crippen molar-refractivity contribution in [1.29, 1.82) is 0 Å².